The predicted molar refractivity (Wildman–Crippen MR) is 292 cm³/mol. The molecule has 0 spiro atoms. The average molecular weight is 1020 g/mol. The molecule has 0 saturated carbocycles. The summed E-state index contributed by atoms with van der Waals surface area (Å²) in [7, 11) is 3.54. The number of pyridine rings is 2. The Morgan fingerprint density at radius 2 is 0.974 bits per heavy atom. The topological polar surface area (TPSA) is 203 Å². The van der Waals surface area contributed by atoms with E-state index in [0.717, 1.165) is 48.4 Å². The van der Waals surface area contributed by atoms with Crippen LogP contribution in [0.5, 0.6) is 23.3 Å². The van der Waals surface area contributed by atoms with Crippen LogP contribution in [-0.4, -0.2) is 117 Å². The van der Waals surface area contributed by atoms with Gasteiger partial charge in [-0.15, -0.1) is 0 Å². The zero-order valence-electron chi connectivity index (χ0n) is 42.8. The second kappa shape index (κ2) is 25.5. The monoisotopic (exact) mass is 1020 g/mol. The molecule has 0 aliphatic carbocycles. The summed E-state index contributed by atoms with van der Waals surface area (Å²) in [6.45, 7) is 9.15. The highest BCUT2D eigenvalue weighted by atomic mass is 16.5. The van der Waals surface area contributed by atoms with Crippen molar-refractivity contribution in [3.8, 4) is 45.8 Å². The fourth-order valence-corrected chi connectivity index (χ4v) is 8.62. The molecule has 0 bridgehead atoms. The summed E-state index contributed by atoms with van der Waals surface area (Å²) >= 11 is 0. The van der Waals surface area contributed by atoms with Crippen LogP contribution in [-0.2, 0) is 32.2 Å². The number of amides is 2. The molecular formula is C58H60N12O6. The highest BCUT2D eigenvalue weighted by Crippen LogP contribution is 2.35. The van der Waals surface area contributed by atoms with Gasteiger partial charge in [-0.05, 0) is 109 Å². The van der Waals surface area contributed by atoms with E-state index >= 15 is 0 Å². The van der Waals surface area contributed by atoms with E-state index in [1.807, 2.05) is 123 Å². The molecule has 18 nitrogen and oxygen atoms in total. The molecule has 10 rings (SSSR count). The molecule has 2 atom stereocenters. The van der Waals surface area contributed by atoms with Gasteiger partial charge in [0.2, 0.25) is 23.7 Å². The smallest absolute Gasteiger partial charge is 0.254 e. The van der Waals surface area contributed by atoms with Gasteiger partial charge in [-0.2, -0.15) is 0 Å². The molecule has 18 heteroatoms. The van der Waals surface area contributed by atoms with Crippen molar-refractivity contribution in [3.05, 3.63) is 181 Å². The molecule has 0 unspecified atom stereocenters. The molecule has 2 saturated heterocycles. The molecule has 4 aromatic carbocycles. The summed E-state index contributed by atoms with van der Waals surface area (Å²) in [6, 6.07) is 42.6. The minimum Gasteiger partial charge on any atom is -0.438 e. The Balaban J connectivity index is 0.000000186. The summed E-state index contributed by atoms with van der Waals surface area (Å²) in [5.74, 6) is 2.84. The van der Waals surface area contributed by atoms with Crippen molar-refractivity contribution in [1.29, 1.82) is 0 Å². The highest BCUT2D eigenvalue weighted by Gasteiger charge is 2.28. The van der Waals surface area contributed by atoms with E-state index in [-0.39, 0.29) is 11.8 Å². The molecule has 2 fully saturated rings. The number of nitrogens with one attached hydrogen (secondary N) is 4. The lowest BCUT2D eigenvalue weighted by Crippen LogP contribution is -2.47. The summed E-state index contributed by atoms with van der Waals surface area (Å²) in [5, 5.41) is 11.9. The average Bonchev–Trinajstić information content (AvgIpc) is 3.46. The quantitative estimate of drug-likeness (QED) is 0.0713. The number of rotatable bonds is 16. The van der Waals surface area contributed by atoms with E-state index in [1.54, 1.807) is 38.9 Å². The van der Waals surface area contributed by atoms with Crippen molar-refractivity contribution in [2.75, 3.05) is 74.8 Å². The number of carbonyl (C=O) groups is 2. The molecule has 8 aromatic rings. The third-order valence-electron chi connectivity index (χ3n) is 12.5. The fourth-order valence-electron chi connectivity index (χ4n) is 8.62. The van der Waals surface area contributed by atoms with Gasteiger partial charge in [-0.25, -0.2) is 29.9 Å². The van der Waals surface area contributed by atoms with Crippen LogP contribution in [0, 0.1) is 13.8 Å². The molecule has 4 aromatic heterocycles. The van der Waals surface area contributed by atoms with E-state index in [0.29, 0.717) is 84.2 Å². The number of anilines is 4. The number of ether oxygens (including phenoxy) is 4. The molecule has 2 aliphatic heterocycles. The van der Waals surface area contributed by atoms with Crippen molar-refractivity contribution < 1.29 is 28.5 Å². The number of hydrogen-bond acceptors (Lipinski definition) is 16. The first-order valence-electron chi connectivity index (χ1n) is 25.0. The number of morpholine rings is 2. The standard InChI is InChI=1S/2C29H30N6O3/c2*1-20-17-22(33-27(36)26-19-35(15-16-37-26)18-21-7-4-3-5-8-21)10-11-25(20)38-28-23(9-6-13-31-28)24-12-14-32-29(30-2)34-24/h2*3-14,17,26H,15-16,18-19H2,1-2H3,(H,33,36)(H,30,32,34)/t2*26-/m10/s1. The van der Waals surface area contributed by atoms with E-state index in [9.17, 15) is 9.59 Å². The normalized spacial score (nSPS) is 15.6. The lowest BCUT2D eigenvalue weighted by Gasteiger charge is -2.32. The van der Waals surface area contributed by atoms with E-state index in [4.69, 9.17) is 18.9 Å². The molecule has 4 N–H and O–H groups in total. The number of aryl methyl sites for hydroxylation is 2. The van der Waals surface area contributed by atoms with Crippen LogP contribution in [0.3, 0.4) is 0 Å². The molecule has 388 valence electrons. The SMILES string of the molecule is CNc1nccc(-c2cccnc2Oc2ccc(NC(=O)[C@@H]3CN(Cc4ccccc4)CCO3)cc2C)n1.CNc1nccc(-c2cccnc2Oc2ccc(NC(=O)[C@H]3CN(Cc4ccccc4)CCO3)cc2C)n1. The van der Waals surface area contributed by atoms with E-state index in [2.05, 4.69) is 85.2 Å². The molecular weight excluding hydrogens is 961 g/mol. The first-order chi connectivity index (χ1) is 37.2. The van der Waals surface area contributed by atoms with Crippen LogP contribution in [0.4, 0.5) is 23.3 Å². The van der Waals surface area contributed by atoms with Crippen molar-refractivity contribution in [3.63, 3.8) is 0 Å². The Labute approximate surface area is 441 Å². The van der Waals surface area contributed by atoms with Crippen LogP contribution in [0.15, 0.2) is 158 Å². The van der Waals surface area contributed by atoms with Gasteiger partial charge >= 0.3 is 0 Å². The lowest BCUT2D eigenvalue weighted by molar-refractivity contribution is -0.133. The summed E-state index contributed by atoms with van der Waals surface area (Å²) in [4.78, 5) is 56.6. The van der Waals surface area contributed by atoms with Crippen LogP contribution >= 0.6 is 0 Å². The van der Waals surface area contributed by atoms with Crippen molar-refractivity contribution in [2.45, 2.75) is 39.1 Å². The number of nitrogens with zero attached hydrogens (tertiary/aromatic N) is 8. The van der Waals surface area contributed by atoms with Gasteiger partial charge in [0, 0.05) is 89.5 Å². The number of benzene rings is 4. The number of aromatic nitrogens is 6. The maximum Gasteiger partial charge on any atom is 0.254 e. The maximum atomic E-state index is 13.0. The zero-order valence-corrected chi connectivity index (χ0v) is 42.8. The van der Waals surface area contributed by atoms with Gasteiger partial charge in [0.05, 0.1) is 35.7 Å². The zero-order chi connectivity index (χ0) is 52.6. The molecule has 2 aliphatic rings. The second-order valence-electron chi connectivity index (χ2n) is 18.0. The Hall–Kier alpha value is -8.68. The Bertz CT molecular complexity index is 3010. The predicted octanol–water partition coefficient (Wildman–Crippen LogP) is 9.04. The molecule has 0 radical (unpaired) electrons. The Morgan fingerprint density at radius 1 is 0.539 bits per heavy atom. The fraction of sp³-hybridized carbons (Fsp3) is 0.241. The van der Waals surface area contributed by atoms with Crippen LogP contribution in [0.2, 0.25) is 0 Å². The Kier molecular flexibility index (Phi) is 17.5. The third kappa shape index (κ3) is 13.9. The van der Waals surface area contributed by atoms with Gasteiger partial charge in [-0.1, -0.05) is 60.7 Å². The van der Waals surface area contributed by atoms with E-state index < -0.39 is 12.2 Å². The summed E-state index contributed by atoms with van der Waals surface area (Å²) < 4.78 is 23.9. The molecule has 2 amide bonds. The van der Waals surface area contributed by atoms with Crippen molar-refractivity contribution >= 4 is 35.1 Å². The minimum atomic E-state index is -0.532. The van der Waals surface area contributed by atoms with Crippen molar-refractivity contribution in [2.24, 2.45) is 0 Å². The largest absolute Gasteiger partial charge is 0.438 e. The van der Waals surface area contributed by atoms with Crippen LogP contribution in [0.25, 0.3) is 22.5 Å². The Morgan fingerprint density at radius 3 is 1.38 bits per heavy atom. The van der Waals surface area contributed by atoms with Gasteiger partial charge in [0.15, 0.2) is 0 Å². The van der Waals surface area contributed by atoms with Gasteiger partial charge in [0.25, 0.3) is 11.8 Å². The highest BCUT2D eigenvalue weighted by molar-refractivity contribution is 5.95. The van der Waals surface area contributed by atoms with Gasteiger partial charge in [-0.3, -0.25) is 19.4 Å². The molecule has 76 heavy (non-hydrogen) atoms. The second-order valence-corrected chi connectivity index (χ2v) is 18.0. The van der Waals surface area contributed by atoms with Crippen LogP contribution in [0.1, 0.15) is 22.3 Å². The number of hydrogen-bond donors (Lipinski definition) is 4. The first-order valence-corrected chi connectivity index (χ1v) is 25.0. The third-order valence-corrected chi connectivity index (χ3v) is 12.5. The first kappa shape index (κ1) is 52.2. The summed E-state index contributed by atoms with van der Waals surface area (Å²) in [6.07, 6.45) is 5.66. The molecule has 6 heterocycles. The van der Waals surface area contributed by atoms with Crippen molar-refractivity contribution in [1.82, 2.24) is 39.7 Å². The summed E-state index contributed by atoms with van der Waals surface area (Å²) in [5.41, 5.74) is 8.40. The van der Waals surface area contributed by atoms with Gasteiger partial charge in [0.1, 0.15) is 23.7 Å². The van der Waals surface area contributed by atoms with Crippen LogP contribution < -0.4 is 30.7 Å². The van der Waals surface area contributed by atoms with Gasteiger partial charge < -0.3 is 40.2 Å². The number of carbonyl (C=O) groups excluding carboxylic acids is 2. The maximum absolute atomic E-state index is 13.0. The lowest BCUT2D eigenvalue weighted by atomic mass is 10.1. The van der Waals surface area contributed by atoms with E-state index in [1.165, 1.54) is 11.1 Å². The minimum absolute atomic E-state index is 0.160.